The van der Waals surface area contributed by atoms with E-state index in [-0.39, 0.29) is 6.61 Å². The molecule has 1 amide bonds. The molecule has 5 nitrogen and oxygen atoms in total. The second-order valence-electron chi connectivity index (χ2n) is 5.62. The fraction of sp³-hybridized carbons (Fsp3) is 0.100. The van der Waals surface area contributed by atoms with Gasteiger partial charge < -0.3 is 14.8 Å². The van der Waals surface area contributed by atoms with E-state index in [4.69, 9.17) is 32.7 Å². The molecule has 0 spiro atoms. The van der Waals surface area contributed by atoms with Crippen molar-refractivity contribution in [2.24, 2.45) is 0 Å². The van der Waals surface area contributed by atoms with E-state index in [0.717, 1.165) is 5.56 Å². The Morgan fingerprint density at radius 2 is 1.86 bits per heavy atom. The molecule has 3 rings (SSSR count). The Hall–Kier alpha value is -2.54. The van der Waals surface area contributed by atoms with Gasteiger partial charge in [0.2, 0.25) is 0 Å². The van der Waals surface area contributed by atoms with Crippen molar-refractivity contribution in [2.45, 2.75) is 0 Å². The van der Waals surface area contributed by atoms with Crippen LogP contribution >= 0.6 is 34.5 Å². The molecular weight excluding hydrogens is 421 g/mol. The highest BCUT2D eigenvalue weighted by molar-refractivity contribution is 7.15. The predicted molar refractivity (Wildman–Crippen MR) is 112 cm³/mol. The highest BCUT2D eigenvalue weighted by atomic mass is 35.5. The van der Waals surface area contributed by atoms with Crippen molar-refractivity contribution in [2.75, 3.05) is 19.0 Å². The van der Waals surface area contributed by atoms with Gasteiger partial charge in [0.05, 0.1) is 12.1 Å². The van der Waals surface area contributed by atoms with E-state index in [1.165, 1.54) is 24.5 Å². The smallest absolute Gasteiger partial charge is 0.341 e. The molecule has 2 aromatic carbocycles. The van der Waals surface area contributed by atoms with E-state index in [1.807, 2.05) is 30.3 Å². The Balaban J connectivity index is 1.77. The van der Waals surface area contributed by atoms with E-state index < -0.39 is 11.9 Å². The Morgan fingerprint density at radius 1 is 1.11 bits per heavy atom. The zero-order chi connectivity index (χ0) is 20.1. The van der Waals surface area contributed by atoms with Gasteiger partial charge in [-0.25, -0.2) is 4.79 Å². The molecule has 1 heterocycles. The lowest BCUT2D eigenvalue weighted by Crippen LogP contribution is -2.21. The Kier molecular flexibility index (Phi) is 6.57. The van der Waals surface area contributed by atoms with Gasteiger partial charge in [0, 0.05) is 16.0 Å². The Morgan fingerprint density at radius 3 is 2.54 bits per heavy atom. The number of carbonyl (C=O) groups excluding carboxylic acids is 2. The summed E-state index contributed by atoms with van der Waals surface area (Å²) in [6, 6.07) is 14.1. The molecule has 0 bridgehead atoms. The summed E-state index contributed by atoms with van der Waals surface area (Å²) < 4.78 is 10.3. The van der Waals surface area contributed by atoms with Crippen LogP contribution in [0.5, 0.6) is 5.75 Å². The predicted octanol–water partition coefficient (Wildman–Crippen LogP) is 5.53. The largest absolute Gasteiger partial charge is 0.482 e. The number of hydrogen-bond donors (Lipinski definition) is 1. The number of thiophene rings is 1. The number of halogens is 2. The first-order valence-electron chi connectivity index (χ1n) is 8.12. The first kappa shape index (κ1) is 20.2. The van der Waals surface area contributed by atoms with Crippen molar-refractivity contribution in [3.63, 3.8) is 0 Å². The standard InChI is InChI=1S/C20H15Cl2NO4S/c1-26-20(25)18-14(12-5-3-2-4-6-12)11-28-19(18)23-17(24)10-27-16-8-7-13(21)9-15(16)22/h2-9,11H,10H2,1H3,(H,23,24). The van der Waals surface area contributed by atoms with Crippen LogP contribution in [0.3, 0.4) is 0 Å². The van der Waals surface area contributed by atoms with Gasteiger partial charge in [-0.1, -0.05) is 53.5 Å². The third kappa shape index (κ3) is 4.65. The van der Waals surface area contributed by atoms with E-state index in [2.05, 4.69) is 5.32 Å². The van der Waals surface area contributed by atoms with Crippen molar-refractivity contribution in [3.05, 3.63) is 69.5 Å². The van der Waals surface area contributed by atoms with Crippen LogP contribution in [0.2, 0.25) is 10.0 Å². The summed E-state index contributed by atoms with van der Waals surface area (Å²) in [5, 5.41) is 5.66. The van der Waals surface area contributed by atoms with Gasteiger partial charge in [-0.2, -0.15) is 0 Å². The summed E-state index contributed by atoms with van der Waals surface area (Å²) in [7, 11) is 1.30. The van der Waals surface area contributed by atoms with Crippen LogP contribution in [0.1, 0.15) is 10.4 Å². The lowest BCUT2D eigenvalue weighted by molar-refractivity contribution is -0.118. The van der Waals surface area contributed by atoms with Gasteiger partial charge in [-0.15, -0.1) is 11.3 Å². The molecular formula is C20H15Cl2NO4S. The lowest BCUT2D eigenvalue weighted by Gasteiger charge is -2.10. The number of methoxy groups -OCH3 is 1. The van der Waals surface area contributed by atoms with E-state index >= 15 is 0 Å². The maximum absolute atomic E-state index is 12.3. The van der Waals surface area contributed by atoms with Crippen molar-refractivity contribution >= 4 is 51.4 Å². The number of nitrogens with one attached hydrogen (secondary N) is 1. The fourth-order valence-electron chi connectivity index (χ4n) is 2.48. The van der Waals surface area contributed by atoms with E-state index in [9.17, 15) is 9.59 Å². The minimum Gasteiger partial charge on any atom is -0.482 e. The molecule has 0 unspecified atom stereocenters. The molecule has 1 N–H and O–H groups in total. The molecule has 0 aliphatic heterocycles. The summed E-state index contributed by atoms with van der Waals surface area (Å²) in [5.41, 5.74) is 1.84. The SMILES string of the molecule is COC(=O)c1c(-c2ccccc2)csc1NC(=O)COc1ccc(Cl)cc1Cl. The number of ether oxygens (including phenoxy) is 2. The zero-order valence-electron chi connectivity index (χ0n) is 14.7. The topological polar surface area (TPSA) is 64.6 Å². The number of anilines is 1. The number of carbonyl (C=O) groups is 2. The number of rotatable bonds is 6. The molecule has 28 heavy (non-hydrogen) atoms. The molecule has 0 saturated heterocycles. The molecule has 3 aromatic rings. The number of benzene rings is 2. The molecule has 0 aliphatic rings. The van der Waals surface area contributed by atoms with E-state index in [0.29, 0.717) is 31.9 Å². The molecule has 0 atom stereocenters. The van der Waals surface area contributed by atoms with Crippen LogP contribution in [-0.4, -0.2) is 25.6 Å². The third-order valence-electron chi connectivity index (χ3n) is 3.77. The van der Waals surface area contributed by atoms with Crippen LogP contribution in [-0.2, 0) is 9.53 Å². The summed E-state index contributed by atoms with van der Waals surface area (Å²) in [6.45, 7) is -0.277. The van der Waals surface area contributed by atoms with Crippen LogP contribution in [0.25, 0.3) is 11.1 Å². The maximum atomic E-state index is 12.3. The third-order valence-corrected chi connectivity index (χ3v) is 5.20. The van der Waals surface area contributed by atoms with Crippen LogP contribution in [0.4, 0.5) is 5.00 Å². The summed E-state index contributed by atoms with van der Waals surface area (Å²) >= 11 is 13.1. The first-order chi connectivity index (χ1) is 13.5. The average molecular weight is 436 g/mol. The van der Waals surface area contributed by atoms with Crippen LogP contribution in [0, 0.1) is 0 Å². The second-order valence-corrected chi connectivity index (χ2v) is 7.35. The van der Waals surface area contributed by atoms with Gasteiger partial charge in [-0.05, 0) is 23.8 Å². The van der Waals surface area contributed by atoms with Crippen molar-refractivity contribution < 1.29 is 19.1 Å². The number of amides is 1. The van der Waals surface area contributed by atoms with Gasteiger partial charge >= 0.3 is 5.97 Å². The van der Waals surface area contributed by atoms with E-state index in [1.54, 1.807) is 17.5 Å². The monoisotopic (exact) mass is 435 g/mol. The lowest BCUT2D eigenvalue weighted by atomic mass is 10.0. The minimum atomic E-state index is -0.530. The zero-order valence-corrected chi connectivity index (χ0v) is 17.0. The summed E-state index contributed by atoms with van der Waals surface area (Å²) in [4.78, 5) is 24.6. The van der Waals surface area contributed by atoms with Gasteiger partial charge in [-0.3, -0.25) is 4.79 Å². The average Bonchev–Trinajstić information content (AvgIpc) is 3.10. The normalized spacial score (nSPS) is 10.4. The highest BCUT2D eigenvalue weighted by Crippen LogP contribution is 2.36. The van der Waals surface area contributed by atoms with Crippen LogP contribution in [0.15, 0.2) is 53.9 Å². The molecule has 0 aliphatic carbocycles. The Labute approximate surface area is 175 Å². The summed E-state index contributed by atoms with van der Waals surface area (Å²) in [6.07, 6.45) is 0. The molecule has 0 saturated carbocycles. The highest BCUT2D eigenvalue weighted by Gasteiger charge is 2.22. The molecule has 0 fully saturated rings. The number of esters is 1. The summed E-state index contributed by atoms with van der Waals surface area (Å²) in [5.74, 6) is -0.625. The minimum absolute atomic E-state index is 0.277. The van der Waals surface area contributed by atoms with Gasteiger partial charge in [0.15, 0.2) is 6.61 Å². The quantitative estimate of drug-likeness (QED) is 0.517. The molecule has 144 valence electrons. The van der Waals surface area contributed by atoms with Crippen molar-refractivity contribution in [1.29, 1.82) is 0 Å². The molecule has 1 aromatic heterocycles. The fourth-order valence-corrected chi connectivity index (χ4v) is 3.92. The van der Waals surface area contributed by atoms with Crippen molar-refractivity contribution in [3.8, 4) is 16.9 Å². The van der Waals surface area contributed by atoms with Crippen molar-refractivity contribution in [1.82, 2.24) is 0 Å². The maximum Gasteiger partial charge on any atom is 0.341 e. The molecule has 0 radical (unpaired) electrons. The Bertz CT molecular complexity index is 1000. The van der Waals surface area contributed by atoms with Crippen LogP contribution < -0.4 is 10.1 Å². The van der Waals surface area contributed by atoms with Gasteiger partial charge in [0.25, 0.3) is 5.91 Å². The first-order valence-corrected chi connectivity index (χ1v) is 9.76. The molecule has 8 heteroatoms. The van der Waals surface area contributed by atoms with Gasteiger partial charge in [0.1, 0.15) is 16.3 Å². The number of hydrogen-bond acceptors (Lipinski definition) is 5. The second kappa shape index (κ2) is 9.10.